The van der Waals surface area contributed by atoms with E-state index in [4.69, 9.17) is 9.39 Å². The predicted octanol–water partition coefficient (Wildman–Crippen LogP) is 1.51. The summed E-state index contributed by atoms with van der Waals surface area (Å²) in [6.45, 7) is 1.42. The zero-order valence-corrected chi connectivity index (χ0v) is 13.6. The second-order valence-corrected chi connectivity index (χ2v) is 5.89. The number of rotatable bonds is 7. The molecule has 1 aromatic carbocycles. The zero-order valence-electron chi connectivity index (χ0n) is 13.6. The van der Waals surface area contributed by atoms with Gasteiger partial charge in [-0.05, 0) is 31.0 Å². The Kier molecular flexibility index (Phi) is 5.61. The van der Waals surface area contributed by atoms with Gasteiger partial charge in [0.15, 0.2) is 0 Å². The largest absolute Gasteiger partial charge is 0.535 e. The molecule has 0 spiro atoms. The number of fused-ring (bicyclic) bond motifs is 1. The van der Waals surface area contributed by atoms with Crippen LogP contribution in [0.4, 0.5) is 0 Å². The van der Waals surface area contributed by atoms with E-state index in [0.29, 0.717) is 17.7 Å². The molecule has 2 N–H and O–H groups in total. The lowest BCUT2D eigenvalue weighted by atomic mass is 9.64. The number of carboxylic acids is 1. The second-order valence-electron chi connectivity index (χ2n) is 5.89. The highest BCUT2D eigenvalue weighted by molar-refractivity contribution is 6.47. The summed E-state index contributed by atoms with van der Waals surface area (Å²) in [5.41, 5.74) is 0.478. The molecule has 0 saturated carbocycles. The molecule has 24 heavy (non-hydrogen) atoms. The molecule has 0 aliphatic carbocycles. The van der Waals surface area contributed by atoms with Crippen molar-refractivity contribution < 1.29 is 33.9 Å². The average Bonchev–Trinajstić information content (AvgIpc) is 2.52. The normalized spacial score (nSPS) is 16.1. The summed E-state index contributed by atoms with van der Waals surface area (Å²) in [6, 6.07) is 2.97. The SMILES string of the molecule is COc1cc2c(c(C(=O)O)c1)OB(O)[C@@H](CC(=O)CCC(C)=O)C2. The number of ketones is 2. The average molecular weight is 334 g/mol. The molecule has 2 rings (SSSR count). The van der Waals surface area contributed by atoms with Crippen LogP contribution < -0.4 is 9.39 Å². The molecule has 1 atom stereocenters. The zero-order chi connectivity index (χ0) is 17.9. The molecule has 0 unspecified atom stereocenters. The Morgan fingerprint density at radius 2 is 2.04 bits per heavy atom. The second kappa shape index (κ2) is 7.48. The standard InChI is InChI=1S/C16H19BO7/c1-9(18)3-4-12(19)7-11-5-10-6-13(23-2)8-14(16(20)21)15(10)24-17(11)22/h6,8,11,22H,3-5,7H2,1-2H3,(H,20,21)/t11-/m1/s1. The Morgan fingerprint density at radius 1 is 1.33 bits per heavy atom. The maximum absolute atomic E-state index is 11.9. The topological polar surface area (TPSA) is 110 Å². The van der Waals surface area contributed by atoms with E-state index >= 15 is 0 Å². The van der Waals surface area contributed by atoms with Crippen LogP contribution in [-0.4, -0.2) is 41.9 Å². The van der Waals surface area contributed by atoms with Crippen molar-refractivity contribution >= 4 is 24.7 Å². The molecule has 0 radical (unpaired) electrons. The summed E-state index contributed by atoms with van der Waals surface area (Å²) in [5, 5.41) is 19.4. The van der Waals surface area contributed by atoms with E-state index in [1.54, 1.807) is 6.07 Å². The Hall–Kier alpha value is -2.35. The molecule has 0 amide bonds. The van der Waals surface area contributed by atoms with Gasteiger partial charge < -0.3 is 24.3 Å². The minimum atomic E-state index is -1.27. The first kappa shape index (κ1) is 18.0. The molecule has 1 aliphatic rings. The van der Waals surface area contributed by atoms with Crippen molar-refractivity contribution in [3.63, 3.8) is 0 Å². The Balaban J connectivity index is 2.19. The van der Waals surface area contributed by atoms with Gasteiger partial charge in [-0.3, -0.25) is 4.79 Å². The van der Waals surface area contributed by atoms with Gasteiger partial charge in [0, 0.05) is 25.1 Å². The van der Waals surface area contributed by atoms with Crippen LogP contribution in [0.5, 0.6) is 11.5 Å². The van der Waals surface area contributed by atoms with Crippen LogP contribution in [0, 0.1) is 0 Å². The van der Waals surface area contributed by atoms with Gasteiger partial charge in [-0.1, -0.05) is 0 Å². The third-order valence-electron chi connectivity index (χ3n) is 3.98. The van der Waals surface area contributed by atoms with E-state index in [1.165, 1.54) is 20.1 Å². The van der Waals surface area contributed by atoms with E-state index in [2.05, 4.69) is 0 Å². The molecule has 1 aromatic rings. The lowest BCUT2D eigenvalue weighted by Gasteiger charge is -2.28. The quantitative estimate of drug-likeness (QED) is 0.727. The van der Waals surface area contributed by atoms with E-state index < -0.39 is 18.9 Å². The van der Waals surface area contributed by atoms with Gasteiger partial charge in [0.1, 0.15) is 28.6 Å². The van der Waals surface area contributed by atoms with E-state index in [1.807, 2.05) is 0 Å². The summed E-state index contributed by atoms with van der Waals surface area (Å²) < 4.78 is 10.5. The number of hydrogen-bond donors (Lipinski definition) is 2. The number of Topliss-reactive ketones (excluding diaryl/α,β-unsaturated/α-hetero) is 2. The first-order valence-electron chi connectivity index (χ1n) is 7.62. The Morgan fingerprint density at radius 3 is 2.62 bits per heavy atom. The smallest absolute Gasteiger partial charge is 0.526 e. The third-order valence-corrected chi connectivity index (χ3v) is 3.98. The number of methoxy groups -OCH3 is 1. The fourth-order valence-electron chi connectivity index (χ4n) is 2.71. The maximum atomic E-state index is 11.9. The van der Waals surface area contributed by atoms with Crippen molar-refractivity contribution in [1.82, 2.24) is 0 Å². The van der Waals surface area contributed by atoms with Crippen molar-refractivity contribution in [2.24, 2.45) is 0 Å². The summed E-state index contributed by atoms with van der Waals surface area (Å²) in [6.07, 6.45) is 0.660. The minimum absolute atomic E-state index is 0.0630. The molecule has 1 aliphatic heterocycles. The van der Waals surface area contributed by atoms with E-state index in [9.17, 15) is 24.5 Å². The van der Waals surface area contributed by atoms with Gasteiger partial charge in [0.25, 0.3) is 0 Å². The van der Waals surface area contributed by atoms with E-state index in [-0.39, 0.29) is 42.1 Å². The van der Waals surface area contributed by atoms with Gasteiger partial charge >= 0.3 is 13.1 Å². The molecular weight excluding hydrogens is 315 g/mol. The number of carbonyl (C=O) groups is 3. The first-order chi connectivity index (χ1) is 11.3. The van der Waals surface area contributed by atoms with Crippen LogP contribution in [0.15, 0.2) is 12.1 Å². The Labute approximate surface area is 139 Å². The van der Waals surface area contributed by atoms with Gasteiger partial charge in [-0.2, -0.15) is 0 Å². The van der Waals surface area contributed by atoms with Crippen LogP contribution in [0.3, 0.4) is 0 Å². The van der Waals surface area contributed by atoms with Crippen LogP contribution in [0.1, 0.15) is 42.1 Å². The van der Waals surface area contributed by atoms with Gasteiger partial charge in [0.2, 0.25) is 0 Å². The molecule has 1 heterocycles. The molecular formula is C16H19BO7. The van der Waals surface area contributed by atoms with Crippen molar-refractivity contribution in [2.45, 2.75) is 38.4 Å². The summed E-state index contributed by atoms with van der Waals surface area (Å²) in [7, 11) is 0.152. The maximum Gasteiger partial charge on any atom is 0.526 e. The number of carbonyl (C=O) groups excluding carboxylic acids is 2. The van der Waals surface area contributed by atoms with Gasteiger partial charge in [-0.15, -0.1) is 0 Å². The lowest BCUT2D eigenvalue weighted by Crippen LogP contribution is -2.36. The molecule has 0 saturated heterocycles. The van der Waals surface area contributed by atoms with Crippen molar-refractivity contribution in [3.8, 4) is 11.5 Å². The highest BCUT2D eigenvalue weighted by Crippen LogP contribution is 2.39. The number of carboxylic acid groups (broad SMARTS) is 1. The lowest BCUT2D eigenvalue weighted by molar-refractivity contribution is -0.123. The molecule has 8 heteroatoms. The van der Waals surface area contributed by atoms with Crippen molar-refractivity contribution in [3.05, 3.63) is 23.3 Å². The van der Waals surface area contributed by atoms with Crippen molar-refractivity contribution in [1.29, 1.82) is 0 Å². The minimum Gasteiger partial charge on any atom is -0.535 e. The highest BCUT2D eigenvalue weighted by Gasteiger charge is 2.38. The van der Waals surface area contributed by atoms with Crippen LogP contribution in [0.25, 0.3) is 0 Å². The summed E-state index contributed by atoms with van der Waals surface area (Å²) >= 11 is 0. The van der Waals surface area contributed by atoms with Crippen molar-refractivity contribution in [2.75, 3.05) is 7.11 Å². The number of hydrogen-bond acceptors (Lipinski definition) is 6. The fourth-order valence-corrected chi connectivity index (χ4v) is 2.71. The summed E-state index contributed by atoms with van der Waals surface area (Å²) in [5.74, 6) is -1.41. The number of aromatic carboxylic acids is 1. The fraction of sp³-hybridized carbons (Fsp3) is 0.438. The molecule has 0 aromatic heterocycles. The van der Waals surface area contributed by atoms with Gasteiger partial charge in [0.05, 0.1) is 7.11 Å². The summed E-state index contributed by atoms with van der Waals surface area (Å²) in [4.78, 5) is 34.2. The highest BCUT2D eigenvalue weighted by atomic mass is 16.5. The van der Waals surface area contributed by atoms with Crippen LogP contribution in [0.2, 0.25) is 5.82 Å². The Bertz CT molecular complexity index is 671. The van der Waals surface area contributed by atoms with Crippen LogP contribution >= 0.6 is 0 Å². The molecule has 7 nitrogen and oxygen atoms in total. The van der Waals surface area contributed by atoms with Gasteiger partial charge in [-0.25, -0.2) is 4.79 Å². The monoisotopic (exact) mass is 334 g/mol. The first-order valence-corrected chi connectivity index (χ1v) is 7.62. The molecule has 0 fully saturated rings. The molecule has 0 bridgehead atoms. The third kappa shape index (κ3) is 4.14. The van der Waals surface area contributed by atoms with Crippen LogP contribution in [-0.2, 0) is 16.0 Å². The predicted molar refractivity (Wildman–Crippen MR) is 85.5 cm³/mol. The molecule has 128 valence electrons. The van der Waals surface area contributed by atoms with E-state index in [0.717, 1.165) is 0 Å². The number of benzene rings is 1. The number of ether oxygens (including phenoxy) is 1.